The van der Waals surface area contributed by atoms with Crippen LogP contribution in [0.5, 0.6) is 0 Å². The fraction of sp³-hybridized carbons (Fsp3) is 0.524. The first kappa shape index (κ1) is 18.9. The van der Waals surface area contributed by atoms with Crippen LogP contribution in [0.25, 0.3) is 10.9 Å². The van der Waals surface area contributed by atoms with Crippen molar-refractivity contribution in [2.45, 2.75) is 56.4 Å². The number of pyridine rings is 1. The SMILES string of the molecule is CCc1cc(=O)c2cc(F)c3c(c2n1C1(C(=O)O)CC1)C[S+]([O-])CC1CCCN31. The summed E-state index contributed by atoms with van der Waals surface area (Å²) in [6.45, 7) is 2.56. The Balaban J connectivity index is 1.93. The molecule has 29 heavy (non-hydrogen) atoms. The zero-order valence-electron chi connectivity index (χ0n) is 16.2. The molecular weight excluding hydrogens is 395 g/mol. The van der Waals surface area contributed by atoms with Gasteiger partial charge in [0.05, 0.1) is 22.8 Å². The number of halogens is 1. The lowest BCUT2D eigenvalue weighted by molar-refractivity contribution is -0.142. The van der Waals surface area contributed by atoms with Gasteiger partial charge in [-0.1, -0.05) is 6.92 Å². The standard InChI is InChI=1S/C21H23FN2O4S/c1-2-12-8-17(25)14-9-16(22)19-15(11-29(28)10-13-4-3-7-23(13)19)18(14)24(12)21(5-6-21)20(26)27/h8-9,13H,2-7,10-11H2,1H3,(H,26,27). The lowest BCUT2D eigenvalue weighted by Crippen LogP contribution is -2.34. The molecule has 1 saturated heterocycles. The van der Waals surface area contributed by atoms with Gasteiger partial charge in [0.1, 0.15) is 22.9 Å². The van der Waals surface area contributed by atoms with Crippen molar-refractivity contribution in [2.24, 2.45) is 0 Å². The van der Waals surface area contributed by atoms with Crippen LogP contribution in [-0.4, -0.2) is 38.5 Å². The van der Waals surface area contributed by atoms with Gasteiger partial charge in [0.15, 0.2) is 5.43 Å². The van der Waals surface area contributed by atoms with Gasteiger partial charge >= 0.3 is 5.97 Å². The Morgan fingerprint density at radius 1 is 1.41 bits per heavy atom. The molecule has 2 unspecified atom stereocenters. The Kier molecular flexibility index (Phi) is 4.22. The molecule has 0 amide bonds. The van der Waals surface area contributed by atoms with Crippen molar-refractivity contribution >= 4 is 33.7 Å². The Hall–Kier alpha value is -2.06. The van der Waals surface area contributed by atoms with Crippen molar-refractivity contribution in [3.8, 4) is 0 Å². The molecule has 2 atom stereocenters. The summed E-state index contributed by atoms with van der Waals surface area (Å²) in [6.07, 6.45) is 3.19. The highest BCUT2D eigenvalue weighted by Crippen LogP contribution is 2.48. The molecule has 1 aliphatic carbocycles. The minimum Gasteiger partial charge on any atom is -0.616 e. The van der Waals surface area contributed by atoms with Gasteiger partial charge in [-0.25, -0.2) is 9.18 Å². The molecule has 1 aromatic heterocycles. The van der Waals surface area contributed by atoms with Crippen LogP contribution in [0.2, 0.25) is 0 Å². The number of anilines is 1. The number of aliphatic carboxylic acids is 1. The molecule has 3 heterocycles. The van der Waals surface area contributed by atoms with E-state index in [1.165, 1.54) is 12.1 Å². The van der Waals surface area contributed by atoms with E-state index in [9.17, 15) is 19.2 Å². The quantitative estimate of drug-likeness (QED) is 0.774. The number of carboxylic acids is 1. The molecule has 0 radical (unpaired) electrons. The van der Waals surface area contributed by atoms with Crippen LogP contribution in [0.15, 0.2) is 16.9 Å². The van der Waals surface area contributed by atoms with Crippen LogP contribution >= 0.6 is 0 Å². The Morgan fingerprint density at radius 3 is 2.83 bits per heavy atom. The van der Waals surface area contributed by atoms with E-state index in [2.05, 4.69) is 0 Å². The number of nitrogens with zero attached hydrogens (tertiary/aromatic N) is 2. The number of aryl methyl sites for hydroxylation is 1. The third-order valence-electron chi connectivity index (χ3n) is 6.66. The first-order valence-corrected chi connectivity index (χ1v) is 11.6. The minimum absolute atomic E-state index is 0.0212. The molecule has 1 N–H and O–H groups in total. The Bertz CT molecular complexity index is 1090. The predicted octanol–water partition coefficient (Wildman–Crippen LogP) is 2.51. The lowest BCUT2D eigenvalue weighted by atomic mass is 10.0. The van der Waals surface area contributed by atoms with E-state index in [4.69, 9.17) is 0 Å². The summed E-state index contributed by atoms with van der Waals surface area (Å²) < 4.78 is 29.9. The Morgan fingerprint density at radius 2 is 2.17 bits per heavy atom. The molecule has 2 fully saturated rings. The van der Waals surface area contributed by atoms with Gasteiger partial charge < -0.3 is 19.1 Å². The number of benzene rings is 1. The summed E-state index contributed by atoms with van der Waals surface area (Å²) in [5, 5.41) is 10.2. The smallest absolute Gasteiger partial charge is 0.329 e. The summed E-state index contributed by atoms with van der Waals surface area (Å²) in [5.74, 6) is -0.814. The van der Waals surface area contributed by atoms with Crippen molar-refractivity contribution in [1.29, 1.82) is 0 Å². The predicted molar refractivity (Wildman–Crippen MR) is 109 cm³/mol. The van der Waals surface area contributed by atoms with E-state index in [1.807, 2.05) is 11.8 Å². The second-order valence-corrected chi connectivity index (χ2v) is 9.85. The van der Waals surface area contributed by atoms with Crippen LogP contribution < -0.4 is 10.3 Å². The first-order valence-electron chi connectivity index (χ1n) is 10.1. The first-order chi connectivity index (χ1) is 13.9. The highest BCUT2D eigenvalue weighted by molar-refractivity contribution is 7.90. The normalized spacial score (nSPS) is 24.9. The number of aromatic nitrogens is 1. The fourth-order valence-corrected chi connectivity index (χ4v) is 6.64. The second-order valence-electron chi connectivity index (χ2n) is 8.35. The third-order valence-corrected chi connectivity index (χ3v) is 8.03. The highest BCUT2D eigenvalue weighted by Gasteiger charge is 2.54. The van der Waals surface area contributed by atoms with Crippen molar-refractivity contribution in [3.63, 3.8) is 0 Å². The monoisotopic (exact) mass is 418 g/mol. The Labute approximate surface area is 170 Å². The van der Waals surface area contributed by atoms with E-state index in [0.717, 1.165) is 12.8 Å². The average Bonchev–Trinajstić information content (AvgIpc) is 3.39. The van der Waals surface area contributed by atoms with E-state index < -0.39 is 28.5 Å². The zero-order valence-corrected chi connectivity index (χ0v) is 17.1. The maximum Gasteiger partial charge on any atom is 0.329 e. The molecule has 3 aliphatic rings. The molecule has 6 nitrogen and oxygen atoms in total. The number of carbonyl (C=O) groups is 1. The number of hydrogen-bond acceptors (Lipinski definition) is 4. The van der Waals surface area contributed by atoms with Crippen molar-refractivity contribution in [1.82, 2.24) is 4.57 Å². The molecule has 1 saturated carbocycles. The van der Waals surface area contributed by atoms with Gasteiger partial charge in [0.2, 0.25) is 0 Å². The highest BCUT2D eigenvalue weighted by atomic mass is 32.2. The minimum atomic E-state index is -1.21. The van der Waals surface area contributed by atoms with E-state index in [1.54, 1.807) is 4.57 Å². The molecule has 154 valence electrons. The maximum absolute atomic E-state index is 15.3. The van der Waals surface area contributed by atoms with Crippen molar-refractivity contribution < 1.29 is 18.8 Å². The summed E-state index contributed by atoms with van der Waals surface area (Å²) in [4.78, 5) is 27.0. The molecule has 0 bridgehead atoms. The molecule has 5 rings (SSSR count). The molecule has 0 spiro atoms. The zero-order chi connectivity index (χ0) is 20.5. The van der Waals surface area contributed by atoms with Crippen LogP contribution in [0, 0.1) is 5.82 Å². The number of fused-ring (bicyclic) bond motifs is 5. The van der Waals surface area contributed by atoms with Crippen molar-refractivity contribution in [3.05, 3.63) is 39.4 Å². The fourth-order valence-electron chi connectivity index (χ4n) is 5.15. The molecule has 2 aliphatic heterocycles. The second kappa shape index (κ2) is 6.47. The summed E-state index contributed by atoms with van der Waals surface area (Å²) in [7, 11) is 0. The molecule has 2 aromatic rings. The number of rotatable bonds is 3. The third kappa shape index (κ3) is 2.65. The molecular formula is C21H23FN2O4S. The number of hydrogen-bond donors (Lipinski definition) is 1. The van der Waals surface area contributed by atoms with Crippen LogP contribution in [0.4, 0.5) is 10.1 Å². The van der Waals surface area contributed by atoms with Gasteiger partial charge in [0.25, 0.3) is 0 Å². The van der Waals surface area contributed by atoms with E-state index in [-0.39, 0.29) is 22.6 Å². The van der Waals surface area contributed by atoms with Crippen LogP contribution in [0.3, 0.4) is 0 Å². The van der Waals surface area contributed by atoms with Gasteiger partial charge in [-0.2, -0.15) is 0 Å². The summed E-state index contributed by atoms with van der Waals surface area (Å²) in [5.41, 5.74) is 0.608. The van der Waals surface area contributed by atoms with Gasteiger partial charge in [0, 0.05) is 23.7 Å². The maximum atomic E-state index is 15.3. The molecule has 1 aromatic carbocycles. The van der Waals surface area contributed by atoms with Crippen LogP contribution in [0.1, 0.15) is 43.9 Å². The summed E-state index contributed by atoms with van der Waals surface area (Å²) in [6, 6.07) is 2.71. The van der Waals surface area contributed by atoms with Gasteiger partial charge in [-0.3, -0.25) is 4.79 Å². The largest absolute Gasteiger partial charge is 0.616 e. The van der Waals surface area contributed by atoms with E-state index in [0.29, 0.717) is 54.0 Å². The topological polar surface area (TPSA) is 85.6 Å². The molecule has 8 heteroatoms. The van der Waals surface area contributed by atoms with Gasteiger partial charge in [-0.15, -0.1) is 0 Å². The average molecular weight is 418 g/mol. The van der Waals surface area contributed by atoms with Gasteiger partial charge in [-0.05, 0) is 49.3 Å². The number of carboxylic acid groups (broad SMARTS) is 1. The van der Waals surface area contributed by atoms with E-state index >= 15 is 4.39 Å². The lowest BCUT2D eigenvalue weighted by Gasteiger charge is -2.28. The van der Waals surface area contributed by atoms with Crippen molar-refractivity contribution in [2.75, 3.05) is 17.2 Å². The van der Waals surface area contributed by atoms with Crippen LogP contribution in [-0.2, 0) is 33.7 Å². The summed E-state index contributed by atoms with van der Waals surface area (Å²) >= 11 is -1.21.